The number of fused-ring (bicyclic) bond motifs is 1. The second kappa shape index (κ2) is 10.2. The van der Waals surface area contributed by atoms with Gasteiger partial charge in [0, 0.05) is 29.5 Å². The number of amides is 2. The van der Waals surface area contributed by atoms with E-state index in [0.717, 1.165) is 36.1 Å². The lowest BCUT2D eigenvalue weighted by Gasteiger charge is -2.31. The molecule has 0 saturated carbocycles. The summed E-state index contributed by atoms with van der Waals surface area (Å²) in [5.41, 5.74) is 4.49. The molecule has 2 amide bonds. The molecule has 0 spiro atoms. The molecule has 3 aromatic rings. The van der Waals surface area contributed by atoms with Crippen LogP contribution in [-0.4, -0.2) is 25.4 Å². The summed E-state index contributed by atoms with van der Waals surface area (Å²) < 4.78 is 0. The number of halogens is 1. The van der Waals surface area contributed by atoms with Gasteiger partial charge in [0.1, 0.15) is 0 Å². The van der Waals surface area contributed by atoms with E-state index in [-0.39, 0.29) is 17.9 Å². The minimum absolute atomic E-state index is 0.138. The zero-order chi connectivity index (χ0) is 23.4. The molecule has 0 aromatic heterocycles. The van der Waals surface area contributed by atoms with Crippen LogP contribution in [0.3, 0.4) is 0 Å². The van der Waals surface area contributed by atoms with Gasteiger partial charge in [0.25, 0.3) is 11.8 Å². The number of hydrogen-bond acceptors (Lipinski definition) is 3. The van der Waals surface area contributed by atoms with Crippen LogP contribution in [0.5, 0.6) is 0 Å². The highest BCUT2D eigenvalue weighted by Crippen LogP contribution is 2.34. The van der Waals surface area contributed by atoms with Crippen LogP contribution >= 0.6 is 11.6 Å². The number of hydrogen-bond donors (Lipinski definition) is 2. The minimum atomic E-state index is -0.209. The number of rotatable bonds is 4. The van der Waals surface area contributed by atoms with Crippen LogP contribution in [0.1, 0.15) is 57.1 Å². The first kappa shape index (κ1) is 23.0. The molecule has 33 heavy (non-hydrogen) atoms. The molecule has 5 nitrogen and oxygen atoms in total. The summed E-state index contributed by atoms with van der Waals surface area (Å²) in [6.07, 6.45) is 2.98. The van der Waals surface area contributed by atoms with Crippen LogP contribution in [0.4, 0.5) is 11.4 Å². The number of benzene rings is 3. The Hall–Kier alpha value is -3.15. The molecule has 1 atom stereocenters. The van der Waals surface area contributed by atoms with Gasteiger partial charge in [-0.2, -0.15) is 0 Å². The highest BCUT2D eigenvalue weighted by atomic mass is 35.5. The van der Waals surface area contributed by atoms with Crippen molar-refractivity contribution in [2.24, 2.45) is 0 Å². The number of carbonyl (C=O) groups is 2. The van der Waals surface area contributed by atoms with Gasteiger partial charge in [0.2, 0.25) is 0 Å². The first-order valence-corrected chi connectivity index (χ1v) is 11.6. The van der Waals surface area contributed by atoms with Gasteiger partial charge in [-0.1, -0.05) is 48.0 Å². The van der Waals surface area contributed by atoms with E-state index in [4.69, 9.17) is 11.6 Å². The van der Waals surface area contributed by atoms with E-state index < -0.39 is 0 Å². The first-order valence-electron chi connectivity index (χ1n) is 11.2. The van der Waals surface area contributed by atoms with Crippen molar-refractivity contribution >= 4 is 34.8 Å². The molecular weight excluding hydrogens is 434 g/mol. The van der Waals surface area contributed by atoms with E-state index in [1.54, 1.807) is 24.3 Å². The summed E-state index contributed by atoms with van der Waals surface area (Å²) in [6, 6.07) is 20.7. The average molecular weight is 462 g/mol. The van der Waals surface area contributed by atoms with Crippen molar-refractivity contribution in [1.82, 2.24) is 5.32 Å². The fourth-order valence-corrected chi connectivity index (χ4v) is 4.63. The predicted octanol–water partition coefficient (Wildman–Crippen LogP) is 5.99. The van der Waals surface area contributed by atoms with Crippen LogP contribution in [0, 0.1) is 6.92 Å². The molecule has 0 aliphatic carbocycles. The smallest absolute Gasteiger partial charge is 0.259 e. The van der Waals surface area contributed by atoms with Crippen molar-refractivity contribution in [2.45, 2.75) is 32.2 Å². The molecule has 0 fully saturated rings. The molecule has 4 rings (SSSR count). The third-order valence-corrected chi connectivity index (χ3v) is 6.48. The summed E-state index contributed by atoms with van der Waals surface area (Å²) in [6.45, 7) is 2.53. The monoisotopic (exact) mass is 461 g/mol. The lowest BCUT2D eigenvalue weighted by Crippen LogP contribution is -2.35. The SMILES string of the molecule is CNC1CCCCN(C(=O)c2ccc(NC(=O)c3ccccc3C)cc2Cl)c2ccccc21. The van der Waals surface area contributed by atoms with Gasteiger partial charge < -0.3 is 15.5 Å². The maximum atomic E-state index is 13.6. The molecule has 1 unspecified atom stereocenters. The molecule has 2 N–H and O–H groups in total. The fourth-order valence-electron chi connectivity index (χ4n) is 4.37. The number of nitrogens with one attached hydrogen (secondary N) is 2. The van der Waals surface area contributed by atoms with Crippen LogP contribution < -0.4 is 15.5 Å². The third kappa shape index (κ3) is 4.95. The van der Waals surface area contributed by atoms with E-state index in [9.17, 15) is 9.59 Å². The Morgan fingerprint density at radius 3 is 2.48 bits per heavy atom. The Bertz CT molecular complexity index is 1180. The molecule has 1 aliphatic rings. The molecule has 1 aliphatic heterocycles. The molecule has 0 bridgehead atoms. The average Bonchev–Trinajstić information content (AvgIpc) is 2.80. The van der Waals surface area contributed by atoms with Crippen molar-refractivity contribution in [3.05, 3.63) is 94.0 Å². The Morgan fingerprint density at radius 1 is 0.970 bits per heavy atom. The van der Waals surface area contributed by atoms with Gasteiger partial charge >= 0.3 is 0 Å². The van der Waals surface area contributed by atoms with Crippen molar-refractivity contribution in [3.63, 3.8) is 0 Å². The van der Waals surface area contributed by atoms with Gasteiger partial charge in [0.15, 0.2) is 0 Å². The van der Waals surface area contributed by atoms with E-state index in [1.165, 1.54) is 0 Å². The van der Waals surface area contributed by atoms with Crippen molar-refractivity contribution < 1.29 is 9.59 Å². The van der Waals surface area contributed by atoms with Crippen LogP contribution in [-0.2, 0) is 0 Å². The highest BCUT2D eigenvalue weighted by Gasteiger charge is 2.26. The van der Waals surface area contributed by atoms with Gasteiger partial charge in [-0.05, 0) is 74.7 Å². The summed E-state index contributed by atoms with van der Waals surface area (Å²) in [7, 11) is 1.95. The molecule has 0 radical (unpaired) electrons. The predicted molar refractivity (Wildman–Crippen MR) is 134 cm³/mol. The molecular formula is C27H28ClN3O2. The lowest BCUT2D eigenvalue weighted by atomic mass is 9.96. The summed E-state index contributed by atoms with van der Waals surface area (Å²) in [5, 5.41) is 6.57. The van der Waals surface area contributed by atoms with E-state index >= 15 is 0 Å². The topological polar surface area (TPSA) is 61.4 Å². The van der Waals surface area contributed by atoms with Crippen molar-refractivity contribution in [1.29, 1.82) is 0 Å². The summed E-state index contributed by atoms with van der Waals surface area (Å²) >= 11 is 6.55. The number of aryl methyl sites for hydroxylation is 1. The summed E-state index contributed by atoms with van der Waals surface area (Å²) in [5.74, 6) is -0.347. The molecule has 0 saturated heterocycles. The molecule has 3 aromatic carbocycles. The Balaban J connectivity index is 1.60. The minimum Gasteiger partial charge on any atom is -0.322 e. The van der Waals surface area contributed by atoms with Crippen molar-refractivity contribution in [2.75, 3.05) is 23.8 Å². The highest BCUT2D eigenvalue weighted by molar-refractivity contribution is 6.35. The molecule has 1 heterocycles. The van der Waals surface area contributed by atoms with Crippen molar-refractivity contribution in [3.8, 4) is 0 Å². The van der Waals surface area contributed by atoms with Crippen LogP contribution in [0.2, 0.25) is 5.02 Å². The largest absolute Gasteiger partial charge is 0.322 e. The Kier molecular flexibility index (Phi) is 7.11. The first-order chi connectivity index (χ1) is 16.0. The van der Waals surface area contributed by atoms with Crippen LogP contribution in [0.15, 0.2) is 66.7 Å². The Morgan fingerprint density at radius 2 is 1.73 bits per heavy atom. The fraction of sp³-hybridized carbons (Fsp3) is 0.259. The lowest BCUT2D eigenvalue weighted by molar-refractivity contribution is 0.0984. The summed E-state index contributed by atoms with van der Waals surface area (Å²) in [4.78, 5) is 28.0. The van der Waals surface area contributed by atoms with Gasteiger partial charge in [-0.25, -0.2) is 0 Å². The number of para-hydroxylation sites is 1. The third-order valence-electron chi connectivity index (χ3n) is 6.17. The van der Waals surface area contributed by atoms with E-state index in [2.05, 4.69) is 16.7 Å². The molecule has 170 valence electrons. The van der Waals surface area contributed by atoms with E-state index in [1.807, 2.05) is 55.3 Å². The second-order valence-corrected chi connectivity index (χ2v) is 8.72. The number of anilines is 2. The van der Waals surface area contributed by atoms with Crippen LogP contribution in [0.25, 0.3) is 0 Å². The molecule has 6 heteroatoms. The van der Waals surface area contributed by atoms with Gasteiger partial charge in [0.05, 0.1) is 10.6 Å². The van der Waals surface area contributed by atoms with Gasteiger partial charge in [-0.3, -0.25) is 9.59 Å². The second-order valence-electron chi connectivity index (χ2n) is 8.32. The zero-order valence-corrected chi connectivity index (χ0v) is 19.7. The maximum absolute atomic E-state index is 13.6. The number of carbonyl (C=O) groups excluding carboxylic acids is 2. The maximum Gasteiger partial charge on any atom is 0.259 e. The Labute approximate surface area is 199 Å². The van der Waals surface area contributed by atoms with Gasteiger partial charge in [-0.15, -0.1) is 0 Å². The standard InChI is InChI=1S/C27H28ClN3O2/c1-18-9-3-4-10-20(18)26(32)30-19-14-15-21(23(28)17-19)27(33)31-16-8-7-12-24(29-2)22-11-5-6-13-25(22)31/h3-6,9-11,13-15,17,24,29H,7-8,12,16H2,1-2H3,(H,30,32). The van der Waals surface area contributed by atoms with E-state index in [0.29, 0.717) is 28.4 Å². The quantitative estimate of drug-likeness (QED) is 0.501. The normalized spacial score (nSPS) is 15.8. The number of nitrogens with zero attached hydrogens (tertiary/aromatic N) is 1. The zero-order valence-electron chi connectivity index (χ0n) is 18.9.